The van der Waals surface area contributed by atoms with Crippen LogP contribution in [-0.4, -0.2) is 37.5 Å². The van der Waals surface area contributed by atoms with Gasteiger partial charge in [0.25, 0.3) is 0 Å². The number of hydrogen-bond acceptors (Lipinski definition) is 3. The zero-order chi connectivity index (χ0) is 9.72. The maximum Gasteiger partial charge on any atom is 0.318 e. The third kappa shape index (κ3) is 2.90. The van der Waals surface area contributed by atoms with E-state index in [9.17, 15) is 9.59 Å². The number of carbonyl (C=O) groups excluding carboxylic acids is 2. The summed E-state index contributed by atoms with van der Waals surface area (Å²) in [5.41, 5.74) is 0. The van der Waals surface area contributed by atoms with Gasteiger partial charge in [0.05, 0.1) is 6.61 Å². The van der Waals surface area contributed by atoms with Crippen molar-refractivity contribution in [3.8, 4) is 0 Å². The van der Waals surface area contributed by atoms with Gasteiger partial charge in [0.1, 0.15) is 5.92 Å². The molecule has 0 rings (SSSR count). The van der Waals surface area contributed by atoms with E-state index in [2.05, 4.69) is 4.74 Å². The molecule has 0 spiro atoms. The van der Waals surface area contributed by atoms with Gasteiger partial charge in [-0.05, 0) is 13.8 Å². The zero-order valence-electron chi connectivity index (χ0n) is 7.96. The first-order valence-corrected chi connectivity index (χ1v) is 3.88. The molecule has 70 valence electrons. The van der Waals surface area contributed by atoms with Gasteiger partial charge in [0.2, 0.25) is 5.91 Å². The molecule has 0 heterocycles. The second-order valence-electron chi connectivity index (χ2n) is 2.71. The predicted molar refractivity (Wildman–Crippen MR) is 44.5 cm³/mol. The second kappa shape index (κ2) is 4.74. The molecule has 0 aliphatic carbocycles. The van der Waals surface area contributed by atoms with E-state index in [1.54, 1.807) is 27.9 Å². The molecule has 0 fully saturated rings. The van der Waals surface area contributed by atoms with Crippen molar-refractivity contribution in [1.82, 2.24) is 4.90 Å². The Balaban J connectivity index is 4.10. The maximum atomic E-state index is 11.2. The summed E-state index contributed by atoms with van der Waals surface area (Å²) in [5.74, 6) is -1.38. The van der Waals surface area contributed by atoms with E-state index in [1.807, 2.05) is 0 Å². The van der Waals surface area contributed by atoms with Crippen LogP contribution in [0.2, 0.25) is 0 Å². The van der Waals surface area contributed by atoms with Gasteiger partial charge in [-0.3, -0.25) is 9.59 Å². The van der Waals surface area contributed by atoms with E-state index in [1.165, 1.54) is 4.90 Å². The van der Waals surface area contributed by atoms with Crippen LogP contribution in [0.25, 0.3) is 0 Å². The summed E-state index contributed by atoms with van der Waals surface area (Å²) in [5, 5.41) is 0. The van der Waals surface area contributed by atoms with Gasteiger partial charge in [-0.25, -0.2) is 0 Å². The second-order valence-corrected chi connectivity index (χ2v) is 2.71. The molecule has 12 heavy (non-hydrogen) atoms. The fourth-order valence-electron chi connectivity index (χ4n) is 0.755. The lowest BCUT2D eigenvalue weighted by molar-refractivity contribution is -0.153. The number of ether oxygens (including phenoxy) is 1. The normalized spacial score (nSPS) is 12.0. The van der Waals surface area contributed by atoms with Crippen molar-refractivity contribution in [1.29, 1.82) is 0 Å². The summed E-state index contributed by atoms with van der Waals surface area (Å²) in [6, 6.07) is 0. The van der Waals surface area contributed by atoms with Crippen LogP contribution in [0.1, 0.15) is 13.8 Å². The first kappa shape index (κ1) is 10.9. The minimum atomic E-state index is -0.694. The summed E-state index contributed by atoms with van der Waals surface area (Å²) in [4.78, 5) is 23.6. The third-order valence-electron chi connectivity index (χ3n) is 1.45. The van der Waals surface area contributed by atoms with Crippen LogP contribution in [0.15, 0.2) is 0 Å². The molecule has 1 amide bonds. The fourth-order valence-corrected chi connectivity index (χ4v) is 0.755. The molecular formula is C8H15NO3. The molecule has 0 aromatic rings. The highest BCUT2D eigenvalue weighted by molar-refractivity contribution is 5.97. The van der Waals surface area contributed by atoms with Crippen LogP contribution in [0.5, 0.6) is 0 Å². The van der Waals surface area contributed by atoms with Crippen LogP contribution in [0.4, 0.5) is 0 Å². The molecule has 4 heteroatoms. The largest absolute Gasteiger partial charge is 0.465 e. The molecule has 0 saturated heterocycles. The van der Waals surface area contributed by atoms with Crippen LogP contribution in [0.3, 0.4) is 0 Å². The van der Waals surface area contributed by atoms with Crippen LogP contribution in [0, 0.1) is 5.92 Å². The average Bonchev–Trinajstić information content (AvgIpc) is 2.02. The Hall–Kier alpha value is -1.06. The van der Waals surface area contributed by atoms with E-state index in [4.69, 9.17) is 0 Å². The minimum absolute atomic E-state index is 0.228. The van der Waals surface area contributed by atoms with Crippen molar-refractivity contribution >= 4 is 11.9 Å². The molecule has 4 nitrogen and oxygen atoms in total. The van der Waals surface area contributed by atoms with Crippen molar-refractivity contribution in [3.63, 3.8) is 0 Å². The average molecular weight is 173 g/mol. The molecule has 0 N–H and O–H groups in total. The van der Waals surface area contributed by atoms with Crippen molar-refractivity contribution in [2.75, 3.05) is 20.7 Å². The number of carbonyl (C=O) groups is 2. The molecule has 0 aromatic carbocycles. The molecule has 0 aliphatic rings. The number of esters is 1. The quantitative estimate of drug-likeness (QED) is 0.454. The smallest absolute Gasteiger partial charge is 0.318 e. The standard InChI is InChI=1S/C8H15NO3/c1-5-12-8(11)6(2)7(10)9(3)4/h6H,5H2,1-4H3. The van der Waals surface area contributed by atoms with E-state index in [0.29, 0.717) is 6.61 Å². The highest BCUT2D eigenvalue weighted by Gasteiger charge is 2.23. The van der Waals surface area contributed by atoms with E-state index < -0.39 is 11.9 Å². The Morgan fingerprint density at radius 1 is 1.42 bits per heavy atom. The molecular weight excluding hydrogens is 158 g/mol. The number of amides is 1. The van der Waals surface area contributed by atoms with Gasteiger partial charge in [-0.15, -0.1) is 0 Å². The number of nitrogens with zero attached hydrogens (tertiary/aromatic N) is 1. The van der Waals surface area contributed by atoms with Crippen molar-refractivity contribution in [3.05, 3.63) is 0 Å². The molecule has 0 aliphatic heterocycles. The van der Waals surface area contributed by atoms with Crippen LogP contribution >= 0.6 is 0 Å². The number of rotatable bonds is 3. The van der Waals surface area contributed by atoms with Crippen LogP contribution in [-0.2, 0) is 14.3 Å². The van der Waals surface area contributed by atoms with Crippen molar-refractivity contribution in [2.45, 2.75) is 13.8 Å². The minimum Gasteiger partial charge on any atom is -0.465 e. The topological polar surface area (TPSA) is 46.6 Å². The summed E-state index contributed by atoms with van der Waals surface area (Å²) in [6.07, 6.45) is 0. The Kier molecular flexibility index (Phi) is 4.33. The van der Waals surface area contributed by atoms with Gasteiger partial charge in [0.15, 0.2) is 0 Å². The highest BCUT2D eigenvalue weighted by atomic mass is 16.5. The molecule has 1 atom stereocenters. The van der Waals surface area contributed by atoms with E-state index in [0.717, 1.165) is 0 Å². The molecule has 0 bridgehead atoms. The Morgan fingerprint density at radius 2 is 1.92 bits per heavy atom. The van der Waals surface area contributed by atoms with Crippen molar-refractivity contribution in [2.24, 2.45) is 5.92 Å². The van der Waals surface area contributed by atoms with Gasteiger partial charge in [-0.2, -0.15) is 0 Å². The fraction of sp³-hybridized carbons (Fsp3) is 0.750. The van der Waals surface area contributed by atoms with Gasteiger partial charge in [0, 0.05) is 14.1 Å². The van der Waals surface area contributed by atoms with Gasteiger partial charge >= 0.3 is 5.97 Å². The predicted octanol–water partition coefficient (Wildman–Crippen LogP) is 0.274. The Labute approximate surface area is 72.5 Å². The molecule has 0 radical (unpaired) electrons. The summed E-state index contributed by atoms with van der Waals surface area (Å²) in [6.45, 7) is 3.56. The van der Waals surface area contributed by atoms with Crippen LogP contribution < -0.4 is 0 Å². The zero-order valence-corrected chi connectivity index (χ0v) is 7.96. The number of hydrogen-bond donors (Lipinski definition) is 0. The van der Waals surface area contributed by atoms with Gasteiger partial charge < -0.3 is 9.64 Å². The molecule has 1 unspecified atom stereocenters. The Bertz CT molecular complexity index is 177. The van der Waals surface area contributed by atoms with Gasteiger partial charge in [-0.1, -0.05) is 0 Å². The lowest BCUT2D eigenvalue weighted by Gasteiger charge is -2.15. The first-order chi connectivity index (χ1) is 5.50. The Morgan fingerprint density at radius 3 is 2.25 bits per heavy atom. The summed E-state index contributed by atoms with van der Waals surface area (Å²) < 4.78 is 4.69. The maximum absolute atomic E-state index is 11.2. The summed E-state index contributed by atoms with van der Waals surface area (Å²) >= 11 is 0. The lowest BCUT2D eigenvalue weighted by atomic mass is 10.1. The van der Waals surface area contributed by atoms with Crippen molar-refractivity contribution < 1.29 is 14.3 Å². The highest BCUT2D eigenvalue weighted by Crippen LogP contribution is 2.01. The molecule has 0 saturated carbocycles. The first-order valence-electron chi connectivity index (χ1n) is 3.88. The molecule has 0 aromatic heterocycles. The SMILES string of the molecule is CCOC(=O)C(C)C(=O)N(C)C. The van der Waals surface area contributed by atoms with E-state index >= 15 is 0 Å². The summed E-state index contributed by atoms with van der Waals surface area (Å²) in [7, 11) is 3.22. The van der Waals surface area contributed by atoms with E-state index in [-0.39, 0.29) is 5.91 Å². The monoisotopic (exact) mass is 173 g/mol. The third-order valence-corrected chi connectivity index (χ3v) is 1.45. The lowest BCUT2D eigenvalue weighted by Crippen LogP contribution is -2.33.